The summed E-state index contributed by atoms with van der Waals surface area (Å²) in [5, 5.41) is 17.7. The molecule has 0 saturated heterocycles. The summed E-state index contributed by atoms with van der Waals surface area (Å²) in [6.07, 6.45) is 0.908. The number of alkyl carbamates (subject to hydrolysis) is 1. The minimum Gasteiger partial charge on any atom is -0.445 e. The van der Waals surface area contributed by atoms with Gasteiger partial charge >= 0.3 is 6.09 Å². The lowest BCUT2D eigenvalue weighted by molar-refractivity contribution is 0.0851. The maximum Gasteiger partial charge on any atom is 0.407 e. The first-order valence-electron chi connectivity index (χ1n) is 12.8. The third-order valence-electron chi connectivity index (χ3n) is 6.07. The molecule has 3 N–H and O–H groups in total. The summed E-state index contributed by atoms with van der Waals surface area (Å²) >= 11 is 1.36. The Bertz CT molecular complexity index is 1490. The lowest BCUT2D eigenvalue weighted by atomic mass is 10.0. The van der Waals surface area contributed by atoms with Gasteiger partial charge in [-0.05, 0) is 36.1 Å². The molecule has 1 amide bonds. The van der Waals surface area contributed by atoms with E-state index in [1.807, 2.05) is 44.2 Å². The molecule has 0 aliphatic heterocycles. The third kappa shape index (κ3) is 7.56. The Hall–Kier alpha value is -3.52. The minimum absolute atomic E-state index is 0.0163. The quantitative estimate of drug-likeness (QED) is 0.212. The molecule has 13 heteroatoms. The van der Waals surface area contributed by atoms with Crippen LogP contribution in [0.15, 0.2) is 70.4 Å². The summed E-state index contributed by atoms with van der Waals surface area (Å²) in [5.74, 6) is 0.349. The molecule has 4 rings (SSSR count). The van der Waals surface area contributed by atoms with Crippen LogP contribution in [0.3, 0.4) is 0 Å². The van der Waals surface area contributed by atoms with E-state index in [1.165, 1.54) is 34.3 Å². The lowest BCUT2D eigenvalue weighted by Gasteiger charge is -2.30. The number of ether oxygens (including phenoxy) is 1. The summed E-state index contributed by atoms with van der Waals surface area (Å²) < 4.78 is 39.9. The number of carbonyl (C=O) groups is 1. The number of amides is 1. The first-order valence-corrected chi connectivity index (χ1v) is 15.0. The van der Waals surface area contributed by atoms with Crippen LogP contribution < -0.4 is 10.6 Å². The van der Waals surface area contributed by atoms with E-state index in [4.69, 9.17) is 9.15 Å². The minimum atomic E-state index is -3.99. The number of hydrogen-bond donors (Lipinski definition) is 3. The smallest absolute Gasteiger partial charge is 0.407 e. The predicted octanol–water partition coefficient (Wildman–Crippen LogP) is 3.87. The van der Waals surface area contributed by atoms with Gasteiger partial charge in [-0.2, -0.15) is 4.31 Å². The Morgan fingerprint density at radius 1 is 1.18 bits per heavy atom. The third-order valence-corrected chi connectivity index (χ3v) is 8.93. The van der Waals surface area contributed by atoms with Crippen molar-refractivity contribution in [2.75, 3.05) is 25.5 Å². The predicted molar refractivity (Wildman–Crippen MR) is 153 cm³/mol. The highest BCUT2D eigenvalue weighted by Crippen LogP contribution is 2.29. The molecule has 2 aromatic carbocycles. The van der Waals surface area contributed by atoms with Crippen molar-refractivity contribution in [3.05, 3.63) is 72.4 Å². The number of aliphatic hydroxyl groups excluding tert-OH is 1. The number of aliphatic hydroxyl groups is 1. The number of carbonyl (C=O) groups excluding carboxylic acids is 1. The van der Waals surface area contributed by atoms with E-state index in [2.05, 4.69) is 20.6 Å². The van der Waals surface area contributed by atoms with Gasteiger partial charge in [0.25, 0.3) is 0 Å². The average molecular weight is 588 g/mol. The molecule has 2 aromatic heterocycles. The zero-order valence-corrected chi connectivity index (χ0v) is 24.1. The standard InChI is InChI=1S/C27H33N5O6S2/c1-18(2)14-32(40(35,36)21-9-10-22-25(12-21)39-26(28-3)30-22)15-24(33)23(11-19-7-5-4-6-8-19)31-27(34)37-16-20-13-29-17-38-20/h4-10,12-13,17-18,23-24,33H,11,14-16H2,1-3H3,(H,28,30)(H,31,34)/t23-,24+/m0/s1. The van der Waals surface area contributed by atoms with Crippen LogP contribution in [0.4, 0.5) is 9.93 Å². The van der Waals surface area contributed by atoms with E-state index in [0.29, 0.717) is 16.4 Å². The van der Waals surface area contributed by atoms with Crippen LogP contribution in [0.5, 0.6) is 0 Å². The summed E-state index contributed by atoms with van der Waals surface area (Å²) in [6, 6.07) is 13.3. The molecule has 0 aliphatic rings. The summed E-state index contributed by atoms with van der Waals surface area (Å²) in [5.41, 5.74) is 1.55. The molecule has 0 radical (unpaired) electrons. The number of fused-ring (bicyclic) bond motifs is 1. The number of nitrogens with one attached hydrogen (secondary N) is 2. The normalized spacial score (nSPS) is 13.4. The SMILES string of the molecule is CNc1nc2ccc(S(=O)(=O)N(CC(C)C)C[C@@H](O)[C@H](Cc3ccccc3)NC(=O)OCc3cnco3)cc2s1. The molecule has 0 aliphatic carbocycles. The Kier molecular flexibility index (Phi) is 9.74. The highest BCUT2D eigenvalue weighted by molar-refractivity contribution is 7.89. The number of hydrogen-bond acceptors (Lipinski definition) is 10. The van der Waals surface area contributed by atoms with Crippen molar-refractivity contribution in [3.63, 3.8) is 0 Å². The van der Waals surface area contributed by atoms with Gasteiger partial charge in [0.2, 0.25) is 10.0 Å². The number of aromatic nitrogens is 2. The van der Waals surface area contributed by atoms with Gasteiger partial charge in [0.1, 0.15) is 0 Å². The molecular formula is C27H33N5O6S2. The fourth-order valence-electron chi connectivity index (χ4n) is 4.13. The Balaban J connectivity index is 1.55. The van der Waals surface area contributed by atoms with Crippen molar-refractivity contribution in [2.45, 2.75) is 43.9 Å². The number of benzene rings is 2. The van der Waals surface area contributed by atoms with Crippen molar-refractivity contribution >= 4 is 42.8 Å². The summed E-state index contributed by atoms with van der Waals surface area (Å²) in [6.45, 7) is 3.62. The van der Waals surface area contributed by atoms with Gasteiger partial charge in [0, 0.05) is 20.1 Å². The maximum atomic E-state index is 13.8. The Morgan fingerprint density at radius 3 is 2.62 bits per heavy atom. The van der Waals surface area contributed by atoms with Crippen molar-refractivity contribution in [1.82, 2.24) is 19.6 Å². The molecule has 0 spiro atoms. The largest absolute Gasteiger partial charge is 0.445 e. The van der Waals surface area contributed by atoms with E-state index in [0.717, 1.165) is 10.3 Å². The number of nitrogens with zero attached hydrogens (tertiary/aromatic N) is 3. The van der Waals surface area contributed by atoms with E-state index in [9.17, 15) is 18.3 Å². The molecule has 4 aromatic rings. The van der Waals surface area contributed by atoms with Crippen LogP contribution in [0.25, 0.3) is 10.2 Å². The molecule has 40 heavy (non-hydrogen) atoms. The zero-order chi connectivity index (χ0) is 28.7. The van der Waals surface area contributed by atoms with Crippen molar-refractivity contribution in [1.29, 1.82) is 0 Å². The molecule has 0 unspecified atom stereocenters. The molecule has 0 fully saturated rings. The lowest BCUT2D eigenvalue weighted by Crippen LogP contribution is -2.51. The van der Waals surface area contributed by atoms with Crippen LogP contribution in [0, 0.1) is 5.92 Å². The van der Waals surface area contributed by atoms with Gasteiger partial charge in [-0.1, -0.05) is 55.5 Å². The molecule has 0 saturated carbocycles. The topological polar surface area (TPSA) is 147 Å². The number of anilines is 1. The van der Waals surface area contributed by atoms with Crippen LogP contribution >= 0.6 is 11.3 Å². The van der Waals surface area contributed by atoms with Crippen LogP contribution in [-0.4, -0.2) is 66.2 Å². The van der Waals surface area contributed by atoms with E-state index >= 15 is 0 Å². The number of oxazole rings is 1. The highest BCUT2D eigenvalue weighted by Gasteiger charge is 2.32. The van der Waals surface area contributed by atoms with Gasteiger partial charge < -0.3 is 24.9 Å². The number of thiazole rings is 1. The monoisotopic (exact) mass is 587 g/mol. The molecule has 2 heterocycles. The highest BCUT2D eigenvalue weighted by atomic mass is 32.2. The van der Waals surface area contributed by atoms with Gasteiger partial charge in [-0.15, -0.1) is 0 Å². The fraction of sp³-hybridized carbons (Fsp3) is 0.370. The average Bonchev–Trinajstić information content (AvgIpc) is 3.60. The van der Waals surface area contributed by atoms with E-state index in [1.54, 1.807) is 19.2 Å². The van der Waals surface area contributed by atoms with Crippen LogP contribution in [0.1, 0.15) is 25.2 Å². The van der Waals surface area contributed by atoms with Gasteiger partial charge in [0.05, 0.1) is 33.5 Å². The second-order valence-electron chi connectivity index (χ2n) is 9.67. The fourth-order valence-corrected chi connectivity index (χ4v) is 6.71. The first-order chi connectivity index (χ1) is 19.2. The molecule has 11 nitrogen and oxygen atoms in total. The van der Waals surface area contributed by atoms with Gasteiger partial charge in [0.15, 0.2) is 23.9 Å². The number of rotatable bonds is 13. The molecular weight excluding hydrogens is 554 g/mol. The van der Waals surface area contributed by atoms with Crippen molar-refractivity contribution in [3.8, 4) is 0 Å². The van der Waals surface area contributed by atoms with Gasteiger partial charge in [-0.3, -0.25) is 0 Å². The van der Waals surface area contributed by atoms with Crippen LogP contribution in [-0.2, 0) is 27.8 Å². The Morgan fingerprint density at radius 2 is 1.95 bits per heavy atom. The molecule has 0 bridgehead atoms. The Labute approximate surface area is 237 Å². The van der Waals surface area contributed by atoms with Crippen molar-refractivity contribution in [2.24, 2.45) is 5.92 Å². The van der Waals surface area contributed by atoms with E-state index < -0.39 is 28.3 Å². The summed E-state index contributed by atoms with van der Waals surface area (Å²) in [4.78, 5) is 20.9. The first kappa shape index (κ1) is 29.5. The second kappa shape index (κ2) is 13.2. The van der Waals surface area contributed by atoms with Crippen molar-refractivity contribution < 1.29 is 27.5 Å². The maximum absolute atomic E-state index is 13.8. The molecule has 2 atom stereocenters. The second-order valence-corrected chi connectivity index (χ2v) is 12.6. The van der Waals surface area contributed by atoms with Gasteiger partial charge in [-0.25, -0.2) is 23.2 Å². The number of sulfonamides is 1. The zero-order valence-electron chi connectivity index (χ0n) is 22.5. The van der Waals surface area contributed by atoms with Crippen LogP contribution in [0.2, 0.25) is 0 Å². The molecule has 214 valence electrons. The van der Waals surface area contributed by atoms with E-state index in [-0.39, 0.29) is 36.9 Å². The summed E-state index contributed by atoms with van der Waals surface area (Å²) in [7, 11) is -2.23.